The van der Waals surface area contributed by atoms with Crippen LogP contribution in [-0.4, -0.2) is 4.98 Å². The summed E-state index contributed by atoms with van der Waals surface area (Å²) in [5.41, 5.74) is 2.85. The van der Waals surface area contributed by atoms with Gasteiger partial charge in [-0.25, -0.2) is 4.98 Å². The molecule has 3 rings (SSSR count). The molecule has 0 radical (unpaired) electrons. The fraction of sp³-hybridized carbons (Fsp3) is 0.312. The van der Waals surface area contributed by atoms with Crippen LogP contribution in [0.5, 0.6) is 0 Å². The van der Waals surface area contributed by atoms with Gasteiger partial charge in [0.05, 0.1) is 6.04 Å². The molecule has 0 fully saturated rings. The van der Waals surface area contributed by atoms with Crippen molar-refractivity contribution in [3.8, 4) is 0 Å². The van der Waals surface area contributed by atoms with Crippen LogP contribution < -0.4 is 5.32 Å². The van der Waals surface area contributed by atoms with Crippen molar-refractivity contribution in [2.45, 2.75) is 33.2 Å². The molecule has 0 saturated heterocycles. The second-order valence-electron chi connectivity index (χ2n) is 4.96. The molecule has 0 aliphatic rings. The number of aryl methyl sites for hydroxylation is 2. The number of hydrogen-bond acceptors (Lipinski definition) is 4. The Morgan fingerprint density at radius 1 is 1.30 bits per heavy atom. The highest BCUT2D eigenvalue weighted by molar-refractivity contribution is 7.12. The minimum Gasteiger partial charge on any atom is -0.441 e. The second-order valence-corrected chi connectivity index (χ2v) is 6.28. The highest BCUT2D eigenvalue weighted by atomic mass is 32.1. The van der Waals surface area contributed by atoms with Crippen molar-refractivity contribution < 1.29 is 4.42 Å². The standard InChI is InChI=1S/C16H18N2OS/c1-4-16-18-13-9-12(6-7-14(13)19-16)17-11(3)15-8-5-10(2)20-15/h5-9,11,17H,4H2,1-3H3. The van der Waals surface area contributed by atoms with E-state index < -0.39 is 0 Å². The Kier molecular flexibility index (Phi) is 3.49. The van der Waals surface area contributed by atoms with Crippen molar-refractivity contribution in [3.05, 3.63) is 46.0 Å². The van der Waals surface area contributed by atoms with Gasteiger partial charge in [-0.05, 0) is 44.2 Å². The molecular formula is C16H18N2OS. The fourth-order valence-corrected chi connectivity index (χ4v) is 3.10. The third-order valence-corrected chi connectivity index (χ3v) is 4.49. The highest BCUT2D eigenvalue weighted by Gasteiger charge is 2.09. The number of benzene rings is 1. The van der Waals surface area contributed by atoms with Gasteiger partial charge in [0.15, 0.2) is 11.5 Å². The summed E-state index contributed by atoms with van der Waals surface area (Å²) in [7, 11) is 0. The Bertz CT molecular complexity index is 729. The molecule has 4 heteroatoms. The molecule has 0 spiro atoms. The summed E-state index contributed by atoms with van der Waals surface area (Å²) in [6.45, 7) is 6.36. The van der Waals surface area contributed by atoms with E-state index in [0.717, 1.165) is 29.1 Å². The predicted molar refractivity (Wildman–Crippen MR) is 84.5 cm³/mol. The molecule has 0 saturated carbocycles. The number of nitrogens with zero attached hydrogens (tertiary/aromatic N) is 1. The number of nitrogens with one attached hydrogen (secondary N) is 1. The molecule has 0 aliphatic heterocycles. The van der Waals surface area contributed by atoms with Crippen LogP contribution in [-0.2, 0) is 6.42 Å². The van der Waals surface area contributed by atoms with Crippen molar-refractivity contribution in [2.75, 3.05) is 5.32 Å². The van der Waals surface area contributed by atoms with Crippen LogP contribution in [0, 0.1) is 6.92 Å². The molecule has 1 atom stereocenters. The lowest BCUT2D eigenvalue weighted by Gasteiger charge is -2.13. The van der Waals surface area contributed by atoms with E-state index >= 15 is 0 Å². The molecule has 104 valence electrons. The van der Waals surface area contributed by atoms with Gasteiger partial charge >= 0.3 is 0 Å². The lowest BCUT2D eigenvalue weighted by atomic mass is 10.2. The average Bonchev–Trinajstić information content (AvgIpc) is 3.03. The molecule has 20 heavy (non-hydrogen) atoms. The molecule has 2 heterocycles. The molecular weight excluding hydrogens is 268 g/mol. The molecule has 2 aromatic heterocycles. The van der Waals surface area contributed by atoms with Crippen LogP contribution >= 0.6 is 11.3 Å². The van der Waals surface area contributed by atoms with E-state index in [9.17, 15) is 0 Å². The molecule has 0 amide bonds. The van der Waals surface area contributed by atoms with E-state index in [4.69, 9.17) is 4.42 Å². The molecule has 0 aliphatic carbocycles. The molecule has 1 aromatic carbocycles. The van der Waals surface area contributed by atoms with Crippen molar-refractivity contribution >= 4 is 28.1 Å². The van der Waals surface area contributed by atoms with E-state index in [1.165, 1.54) is 9.75 Å². The van der Waals surface area contributed by atoms with E-state index in [1.54, 1.807) is 0 Å². The van der Waals surface area contributed by atoms with E-state index in [1.807, 2.05) is 30.4 Å². The first-order valence-electron chi connectivity index (χ1n) is 6.88. The summed E-state index contributed by atoms with van der Waals surface area (Å²) in [6.07, 6.45) is 0.822. The number of thiophene rings is 1. The molecule has 3 aromatic rings. The number of fused-ring (bicyclic) bond motifs is 1. The lowest BCUT2D eigenvalue weighted by Crippen LogP contribution is -2.04. The van der Waals surface area contributed by atoms with Gasteiger partial charge < -0.3 is 9.73 Å². The Balaban J connectivity index is 1.83. The molecule has 1 N–H and O–H groups in total. The molecule has 3 nitrogen and oxygen atoms in total. The van der Waals surface area contributed by atoms with Crippen molar-refractivity contribution in [2.24, 2.45) is 0 Å². The van der Waals surface area contributed by atoms with Crippen molar-refractivity contribution in [1.29, 1.82) is 0 Å². The largest absolute Gasteiger partial charge is 0.441 e. The highest BCUT2D eigenvalue weighted by Crippen LogP contribution is 2.27. The number of anilines is 1. The topological polar surface area (TPSA) is 38.1 Å². The summed E-state index contributed by atoms with van der Waals surface area (Å²) >= 11 is 1.83. The van der Waals surface area contributed by atoms with Crippen molar-refractivity contribution in [3.63, 3.8) is 0 Å². The van der Waals surface area contributed by atoms with Crippen LogP contribution in [0.1, 0.15) is 35.5 Å². The van der Waals surface area contributed by atoms with Crippen LogP contribution in [0.25, 0.3) is 11.1 Å². The third kappa shape index (κ3) is 2.56. The van der Waals surface area contributed by atoms with Gasteiger partial charge in [-0.1, -0.05) is 6.92 Å². The molecule has 0 bridgehead atoms. The Labute approximate surface area is 122 Å². The summed E-state index contributed by atoms with van der Waals surface area (Å²) in [4.78, 5) is 7.16. The average molecular weight is 286 g/mol. The first-order valence-corrected chi connectivity index (χ1v) is 7.69. The van der Waals surface area contributed by atoms with Crippen LogP contribution in [0.15, 0.2) is 34.7 Å². The Morgan fingerprint density at radius 2 is 2.15 bits per heavy atom. The van der Waals surface area contributed by atoms with Crippen LogP contribution in [0.2, 0.25) is 0 Å². The zero-order valence-electron chi connectivity index (χ0n) is 11.9. The molecule has 1 unspecified atom stereocenters. The number of oxazole rings is 1. The third-order valence-electron chi connectivity index (χ3n) is 3.31. The van der Waals surface area contributed by atoms with Gasteiger partial charge in [-0.15, -0.1) is 11.3 Å². The summed E-state index contributed by atoms with van der Waals surface area (Å²) in [5, 5.41) is 3.52. The summed E-state index contributed by atoms with van der Waals surface area (Å²) in [5.74, 6) is 0.791. The van der Waals surface area contributed by atoms with Gasteiger partial charge in [0, 0.05) is 21.9 Å². The maximum atomic E-state index is 5.63. The smallest absolute Gasteiger partial charge is 0.195 e. The van der Waals surface area contributed by atoms with E-state index in [2.05, 4.69) is 42.3 Å². The van der Waals surface area contributed by atoms with Crippen LogP contribution in [0.4, 0.5) is 5.69 Å². The zero-order chi connectivity index (χ0) is 14.1. The lowest BCUT2D eigenvalue weighted by molar-refractivity contribution is 0.538. The Hall–Kier alpha value is -1.81. The predicted octanol–water partition coefficient (Wildman–Crippen LogP) is 4.93. The van der Waals surface area contributed by atoms with Crippen LogP contribution in [0.3, 0.4) is 0 Å². The zero-order valence-corrected chi connectivity index (χ0v) is 12.8. The second kappa shape index (κ2) is 5.29. The Morgan fingerprint density at radius 3 is 2.85 bits per heavy atom. The number of aromatic nitrogens is 1. The van der Waals surface area contributed by atoms with Gasteiger partial charge in [0.2, 0.25) is 0 Å². The van der Waals surface area contributed by atoms with E-state index in [-0.39, 0.29) is 0 Å². The van der Waals surface area contributed by atoms with Gasteiger partial charge in [0.1, 0.15) is 5.52 Å². The summed E-state index contributed by atoms with van der Waals surface area (Å²) < 4.78 is 5.63. The minimum absolute atomic E-state index is 0.295. The minimum atomic E-state index is 0.295. The fourth-order valence-electron chi connectivity index (χ4n) is 2.22. The summed E-state index contributed by atoms with van der Waals surface area (Å²) in [6, 6.07) is 10.7. The maximum absolute atomic E-state index is 5.63. The SMILES string of the molecule is CCc1nc2cc(NC(C)c3ccc(C)s3)ccc2o1. The quantitative estimate of drug-likeness (QED) is 0.738. The van der Waals surface area contributed by atoms with E-state index in [0.29, 0.717) is 6.04 Å². The number of rotatable bonds is 4. The van der Waals surface area contributed by atoms with Gasteiger partial charge in [-0.3, -0.25) is 0 Å². The first kappa shape index (κ1) is 13.2. The van der Waals surface area contributed by atoms with Crippen molar-refractivity contribution in [1.82, 2.24) is 4.98 Å². The maximum Gasteiger partial charge on any atom is 0.195 e. The first-order chi connectivity index (χ1) is 9.65. The van der Waals surface area contributed by atoms with Gasteiger partial charge in [0.25, 0.3) is 0 Å². The normalized spacial score (nSPS) is 12.8. The van der Waals surface area contributed by atoms with Gasteiger partial charge in [-0.2, -0.15) is 0 Å². The number of hydrogen-bond donors (Lipinski definition) is 1. The monoisotopic (exact) mass is 286 g/mol.